The molecule has 0 radical (unpaired) electrons. The quantitative estimate of drug-likeness (QED) is 0.510. The minimum Gasteiger partial charge on any atom is -0.438 e. The summed E-state index contributed by atoms with van der Waals surface area (Å²) in [6.45, 7) is 5.10. The lowest BCUT2D eigenvalue weighted by atomic mass is 9.75. The Labute approximate surface area is 181 Å². The fourth-order valence-corrected chi connectivity index (χ4v) is 4.21. The molecule has 2 aromatic carbocycles. The molecular formula is C24H27BrN2O2. The first kappa shape index (κ1) is 21.4. The van der Waals surface area contributed by atoms with Crippen molar-refractivity contribution in [3.8, 4) is 6.07 Å². The summed E-state index contributed by atoms with van der Waals surface area (Å²) < 4.78 is 7.13. The Bertz CT molecular complexity index is 874. The van der Waals surface area contributed by atoms with Crippen molar-refractivity contribution in [1.82, 2.24) is 4.90 Å². The van der Waals surface area contributed by atoms with E-state index in [0.717, 1.165) is 22.9 Å². The normalized spacial score (nSPS) is 19.5. The van der Waals surface area contributed by atoms with Gasteiger partial charge >= 0.3 is 6.09 Å². The number of hydrogen-bond donors (Lipinski definition) is 0. The Morgan fingerprint density at radius 1 is 1.17 bits per heavy atom. The van der Waals surface area contributed by atoms with Gasteiger partial charge < -0.3 is 9.64 Å². The van der Waals surface area contributed by atoms with Gasteiger partial charge in [0, 0.05) is 30.4 Å². The highest BCUT2D eigenvalue weighted by Gasteiger charge is 2.45. The number of nitriles is 1. The van der Waals surface area contributed by atoms with Crippen LogP contribution in [0, 0.1) is 16.7 Å². The van der Waals surface area contributed by atoms with Crippen LogP contribution in [0.5, 0.6) is 0 Å². The fraction of sp³-hybridized carbons (Fsp3) is 0.417. The van der Waals surface area contributed by atoms with Gasteiger partial charge in [0.25, 0.3) is 0 Å². The Morgan fingerprint density at radius 2 is 1.86 bits per heavy atom. The van der Waals surface area contributed by atoms with Crippen LogP contribution in [0.15, 0.2) is 59.1 Å². The van der Waals surface area contributed by atoms with Crippen molar-refractivity contribution < 1.29 is 9.53 Å². The summed E-state index contributed by atoms with van der Waals surface area (Å²) in [5, 5.41) is 9.54. The van der Waals surface area contributed by atoms with Gasteiger partial charge in [0.05, 0.1) is 11.5 Å². The highest BCUT2D eigenvalue weighted by Crippen LogP contribution is 2.43. The molecule has 1 aliphatic rings. The molecule has 152 valence electrons. The van der Waals surface area contributed by atoms with Gasteiger partial charge in [-0.05, 0) is 49.9 Å². The minimum absolute atomic E-state index is 0.287. The van der Waals surface area contributed by atoms with Crippen molar-refractivity contribution in [3.63, 3.8) is 0 Å². The fourth-order valence-electron chi connectivity index (χ4n) is 3.94. The summed E-state index contributed by atoms with van der Waals surface area (Å²) >= 11 is 3.45. The standard InChI is InChI=1S/C24H27BrN2O2/c1-23(2,18-26)17-24(20-8-4-3-5-9-20)14-16-27(22(28)29-24)15-6-7-19-10-12-21(25)13-11-19/h3-5,8-13H,6-7,14-17H2,1-2H3/t24-/m0/s1. The van der Waals surface area contributed by atoms with E-state index in [2.05, 4.69) is 34.1 Å². The average Bonchev–Trinajstić information content (AvgIpc) is 2.71. The van der Waals surface area contributed by atoms with Gasteiger partial charge in [-0.3, -0.25) is 0 Å². The summed E-state index contributed by atoms with van der Waals surface area (Å²) in [5.41, 5.74) is 0.888. The van der Waals surface area contributed by atoms with Crippen molar-refractivity contribution in [2.24, 2.45) is 5.41 Å². The number of nitrogens with zero attached hydrogens (tertiary/aromatic N) is 2. The Morgan fingerprint density at radius 3 is 2.48 bits per heavy atom. The van der Waals surface area contributed by atoms with Gasteiger partial charge in [0.2, 0.25) is 0 Å². The summed E-state index contributed by atoms with van der Waals surface area (Å²) in [6.07, 6.45) is 2.69. The van der Waals surface area contributed by atoms with Crippen LogP contribution in [-0.2, 0) is 16.8 Å². The molecule has 0 bridgehead atoms. The van der Waals surface area contributed by atoms with Crippen molar-refractivity contribution in [1.29, 1.82) is 5.26 Å². The molecule has 1 amide bonds. The van der Waals surface area contributed by atoms with E-state index in [4.69, 9.17) is 4.74 Å². The minimum atomic E-state index is -0.750. The lowest BCUT2D eigenvalue weighted by Crippen LogP contribution is -2.49. The molecule has 0 N–H and O–H groups in total. The molecular weight excluding hydrogens is 428 g/mol. The van der Waals surface area contributed by atoms with E-state index in [9.17, 15) is 10.1 Å². The number of ether oxygens (including phenoxy) is 1. The van der Waals surface area contributed by atoms with E-state index >= 15 is 0 Å². The van der Waals surface area contributed by atoms with Gasteiger partial charge in [-0.2, -0.15) is 5.26 Å². The number of carbonyl (C=O) groups excluding carboxylic acids is 1. The van der Waals surface area contributed by atoms with Crippen LogP contribution in [-0.4, -0.2) is 24.1 Å². The van der Waals surface area contributed by atoms with E-state index in [1.165, 1.54) is 5.56 Å². The van der Waals surface area contributed by atoms with Crippen LogP contribution in [0.2, 0.25) is 0 Å². The molecule has 1 saturated heterocycles. The van der Waals surface area contributed by atoms with E-state index in [0.29, 0.717) is 25.9 Å². The summed E-state index contributed by atoms with van der Waals surface area (Å²) in [7, 11) is 0. The van der Waals surface area contributed by atoms with Crippen molar-refractivity contribution in [2.75, 3.05) is 13.1 Å². The predicted octanol–water partition coefficient (Wildman–Crippen LogP) is 6.06. The van der Waals surface area contributed by atoms with Crippen LogP contribution in [0.3, 0.4) is 0 Å². The molecule has 0 unspecified atom stereocenters. The maximum Gasteiger partial charge on any atom is 0.410 e. The highest BCUT2D eigenvalue weighted by atomic mass is 79.9. The second-order valence-electron chi connectivity index (χ2n) is 8.37. The molecule has 0 spiro atoms. The van der Waals surface area contributed by atoms with E-state index < -0.39 is 11.0 Å². The third-order valence-corrected chi connectivity index (χ3v) is 5.99. The van der Waals surface area contributed by atoms with Gasteiger partial charge in [-0.15, -0.1) is 0 Å². The zero-order valence-corrected chi connectivity index (χ0v) is 18.6. The van der Waals surface area contributed by atoms with Crippen LogP contribution in [0.25, 0.3) is 0 Å². The molecule has 1 aliphatic heterocycles. The third-order valence-electron chi connectivity index (χ3n) is 5.46. The maximum absolute atomic E-state index is 12.9. The Balaban J connectivity index is 1.67. The monoisotopic (exact) mass is 454 g/mol. The first-order valence-electron chi connectivity index (χ1n) is 10.0. The zero-order valence-electron chi connectivity index (χ0n) is 17.0. The summed E-state index contributed by atoms with van der Waals surface area (Å²) in [4.78, 5) is 14.7. The summed E-state index contributed by atoms with van der Waals surface area (Å²) in [5.74, 6) is 0. The zero-order chi connectivity index (χ0) is 20.9. The molecule has 1 fully saturated rings. The van der Waals surface area contributed by atoms with E-state index in [1.54, 1.807) is 4.90 Å². The number of hydrogen-bond acceptors (Lipinski definition) is 3. The number of cyclic esters (lactones) is 1. The Kier molecular flexibility index (Phi) is 6.64. The maximum atomic E-state index is 12.9. The molecule has 29 heavy (non-hydrogen) atoms. The first-order chi connectivity index (χ1) is 13.8. The average molecular weight is 455 g/mol. The van der Waals surface area contributed by atoms with Crippen LogP contribution < -0.4 is 0 Å². The number of halogens is 1. The number of carbonyl (C=O) groups is 1. The van der Waals surface area contributed by atoms with Crippen molar-refractivity contribution in [2.45, 2.75) is 45.1 Å². The number of rotatable bonds is 7. The molecule has 2 aromatic rings. The third kappa shape index (κ3) is 5.39. The van der Waals surface area contributed by atoms with Gasteiger partial charge in [-0.25, -0.2) is 4.79 Å². The predicted molar refractivity (Wildman–Crippen MR) is 117 cm³/mol. The second-order valence-corrected chi connectivity index (χ2v) is 9.28. The molecule has 0 aliphatic carbocycles. The van der Waals surface area contributed by atoms with Crippen molar-refractivity contribution >= 4 is 22.0 Å². The molecule has 1 atom stereocenters. The number of aryl methyl sites for hydroxylation is 1. The SMILES string of the molecule is CC(C)(C#N)C[C@]1(c2ccccc2)CCN(CCCc2ccc(Br)cc2)C(=O)O1. The van der Waals surface area contributed by atoms with Gasteiger partial charge in [0.15, 0.2) is 0 Å². The molecule has 5 heteroatoms. The molecule has 3 rings (SSSR count). The largest absolute Gasteiger partial charge is 0.438 e. The summed E-state index contributed by atoms with van der Waals surface area (Å²) in [6, 6.07) is 20.5. The van der Waals surface area contributed by atoms with Crippen LogP contribution in [0.4, 0.5) is 4.79 Å². The van der Waals surface area contributed by atoms with E-state index in [-0.39, 0.29) is 6.09 Å². The Hall–Kier alpha value is -2.32. The number of benzene rings is 2. The molecule has 1 heterocycles. The smallest absolute Gasteiger partial charge is 0.410 e. The highest BCUT2D eigenvalue weighted by molar-refractivity contribution is 9.10. The first-order valence-corrected chi connectivity index (χ1v) is 10.8. The van der Waals surface area contributed by atoms with Gasteiger partial charge in [0.1, 0.15) is 5.60 Å². The molecule has 0 saturated carbocycles. The number of amides is 1. The van der Waals surface area contributed by atoms with Crippen LogP contribution >= 0.6 is 15.9 Å². The van der Waals surface area contributed by atoms with E-state index in [1.807, 2.05) is 56.3 Å². The molecule has 0 aromatic heterocycles. The lowest BCUT2D eigenvalue weighted by Gasteiger charge is -2.43. The van der Waals surface area contributed by atoms with Crippen LogP contribution in [0.1, 0.15) is 44.2 Å². The van der Waals surface area contributed by atoms with Crippen molar-refractivity contribution in [3.05, 3.63) is 70.2 Å². The van der Waals surface area contributed by atoms with Gasteiger partial charge in [-0.1, -0.05) is 58.4 Å². The second kappa shape index (κ2) is 9.00. The lowest BCUT2D eigenvalue weighted by molar-refractivity contribution is -0.0704. The molecule has 4 nitrogen and oxygen atoms in total. The topological polar surface area (TPSA) is 53.3 Å².